The van der Waals surface area contributed by atoms with Crippen LogP contribution in [0.4, 0.5) is 17.1 Å². The third kappa shape index (κ3) is 6.13. The van der Waals surface area contributed by atoms with Crippen molar-refractivity contribution >= 4 is 71.7 Å². The second-order valence-corrected chi connectivity index (χ2v) is 16.0. The second kappa shape index (κ2) is 14.4. The van der Waals surface area contributed by atoms with E-state index in [0.29, 0.717) is 5.92 Å². The molecule has 0 aliphatic heterocycles. The van der Waals surface area contributed by atoms with Crippen LogP contribution in [0.1, 0.15) is 17.9 Å². The molecular weight excluding hydrogens is 743 g/mol. The molecule has 61 heavy (non-hydrogen) atoms. The van der Waals surface area contributed by atoms with Crippen molar-refractivity contribution in [1.82, 2.24) is 0 Å². The normalized spacial score (nSPS) is 13.9. The average Bonchev–Trinajstić information content (AvgIpc) is 3.91. The summed E-state index contributed by atoms with van der Waals surface area (Å²) < 4.78 is 12.7. The van der Waals surface area contributed by atoms with Crippen molar-refractivity contribution in [1.29, 1.82) is 0 Å². The molecule has 1 aliphatic rings. The van der Waals surface area contributed by atoms with Crippen LogP contribution in [-0.4, -0.2) is 0 Å². The van der Waals surface area contributed by atoms with E-state index in [1.807, 2.05) is 24.3 Å². The first-order valence-electron chi connectivity index (χ1n) is 21.0. The fourth-order valence-electron chi connectivity index (χ4n) is 9.35. The van der Waals surface area contributed by atoms with Crippen molar-refractivity contribution in [3.05, 3.63) is 224 Å². The number of furan rings is 2. The van der Waals surface area contributed by atoms with Gasteiger partial charge in [0.15, 0.2) is 0 Å². The highest BCUT2D eigenvalue weighted by atomic mass is 16.3. The van der Waals surface area contributed by atoms with E-state index in [4.69, 9.17) is 8.83 Å². The average molecular weight is 782 g/mol. The van der Waals surface area contributed by atoms with Crippen molar-refractivity contribution in [3.8, 4) is 33.4 Å². The largest absolute Gasteiger partial charge is 0.456 e. The second-order valence-electron chi connectivity index (χ2n) is 16.0. The summed E-state index contributed by atoms with van der Waals surface area (Å²) in [6, 6.07) is 69.8. The molecule has 0 fully saturated rings. The van der Waals surface area contributed by atoms with E-state index in [1.165, 1.54) is 38.4 Å². The number of fused-ring (bicyclic) bond motifs is 8. The molecule has 1 atom stereocenters. The van der Waals surface area contributed by atoms with Crippen LogP contribution in [0.2, 0.25) is 0 Å². The number of anilines is 3. The van der Waals surface area contributed by atoms with Crippen LogP contribution in [-0.2, 0) is 0 Å². The van der Waals surface area contributed by atoms with Gasteiger partial charge in [-0.1, -0.05) is 152 Å². The third-order valence-electron chi connectivity index (χ3n) is 12.4. The van der Waals surface area contributed by atoms with Gasteiger partial charge in [0.1, 0.15) is 22.3 Å². The standard InChI is InChI=1S/C58H39NO2/c1-2-11-38(12-3-1)39-23-29-46(30-24-39)59(48-16-9-15-44(37-48)50-19-10-20-52-51-17-4-6-21-54(51)61-58(50)52)47-31-25-40(26-32-47)41-13-8-14-42(35-41)43-27-33-49-45(36-43)28-34-56-57(49)53-18-5-7-22-55(53)60-56/h1-11,13-38H,12H2. The Kier molecular flexibility index (Phi) is 8.31. The zero-order valence-corrected chi connectivity index (χ0v) is 33.3. The molecule has 2 aromatic heterocycles. The molecule has 1 unspecified atom stereocenters. The van der Waals surface area contributed by atoms with Crippen molar-refractivity contribution in [2.75, 3.05) is 4.90 Å². The Balaban J connectivity index is 0.908. The maximum atomic E-state index is 6.49. The maximum absolute atomic E-state index is 6.49. The monoisotopic (exact) mass is 781 g/mol. The van der Waals surface area contributed by atoms with Crippen LogP contribution in [0.25, 0.3) is 88.0 Å². The molecule has 0 radical (unpaired) electrons. The van der Waals surface area contributed by atoms with E-state index in [9.17, 15) is 0 Å². The predicted molar refractivity (Wildman–Crippen MR) is 255 cm³/mol. The number of nitrogens with zero attached hydrogens (tertiary/aromatic N) is 1. The first-order chi connectivity index (χ1) is 30.2. The highest BCUT2D eigenvalue weighted by Crippen LogP contribution is 2.42. The lowest BCUT2D eigenvalue weighted by Gasteiger charge is -2.27. The van der Waals surface area contributed by atoms with Crippen LogP contribution in [0, 0.1) is 0 Å². The molecule has 1 aliphatic carbocycles. The summed E-state index contributed by atoms with van der Waals surface area (Å²) in [6.45, 7) is 0. The Bertz CT molecular complexity index is 3510. The molecule has 0 saturated heterocycles. The van der Waals surface area contributed by atoms with Gasteiger partial charge in [0, 0.05) is 50.1 Å². The Labute approximate surface area is 353 Å². The van der Waals surface area contributed by atoms with Crippen molar-refractivity contribution in [2.45, 2.75) is 12.3 Å². The summed E-state index contributed by atoms with van der Waals surface area (Å²) in [5, 5.41) is 6.99. The van der Waals surface area contributed by atoms with Gasteiger partial charge in [-0.05, 0) is 117 Å². The highest BCUT2D eigenvalue weighted by Gasteiger charge is 2.18. The minimum absolute atomic E-state index is 0.387. The van der Waals surface area contributed by atoms with E-state index < -0.39 is 0 Å². The van der Waals surface area contributed by atoms with E-state index in [-0.39, 0.29) is 0 Å². The summed E-state index contributed by atoms with van der Waals surface area (Å²) in [7, 11) is 0. The number of rotatable bonds is 7. The zero-order valence-electron chi connectivity index (χ0n) is 33.3. The number of benzene rings is 9. The fourth-order valence-corrected chi connectivity index (χ4v) is 9.35. The number of para-hydroxylation sites is 3. The van der Waals surface area contributed by atoms with Crippen molar-refractivity contribution in [3.63, 3.8) is 0 Å². The molecule has 3 heteroatoms. The number of hydrogen-bond acceptors (Lipinski definition) is 3. The van der Waals surface area contributed by atoms with E-state index in [1.54, 1.807) is 0 Å². The van der Waals surface area contributed by atoms with Crippen LogP contribution in [0.5, 0.6) is 0 Å². The minimum atomic E-state index is 0.387. The molecule has 0 saturated carbocycles. The summed E-state index contributed by atoms with van der Waals surface area (Å²) in [5.41, 5.74) is 15.1. The molecule has 0 N–H and O–H groups in total. The summed E-state index contributed by atoms with van der Waals surface area (Å²) >= 11 is 0. The van der Waals surface area contributed by atoms with Gasteiger partial charge in [-0.15, -0.1) is 0 Å². The molecule has 0 bridgehead atoms. The summed E-state index contributed by atoms with van der Waals surface area (Å²) in [5.74, 6) is 0.387. The topological polar surface area (TPSA) is 29.5 Å². The van der Waals surface area contributed by atoms with Gasteiger partial charge < -0.3 is 13.7 Å². The summed E-state index contributed by atoms with van der Waals surface area (Å²) in [6.07, 6.45) is 9.85. The van der Waals surface area contributed by atoms with E-state index in [2.05, 4.69) is 199 Å². The van der Waals surface area contributed by atoms with Gasteiger partial charge in [-0.3, -0.25) is 0 Å². The highest BCUT2D eigenvalue weighted by molar-refractivity contribution is 6.19. The van der Waals surface area contributed by atoms with E-state index >= 15 is 0 Å². The molecule has 12 rings (SSSR count). The van der Waals surface area contributed by atoms with Gasteiger partial charge in [0.2, 0.25) is 0 Å². The molecule has 3 nitrogen and oxygen atoms in total. The van der Waals surface area contributed by atoms with Gasteiger partial charge in [0.05, 0.1) is 0 Å². The molecule has 9 aromatic carbocycles. The Morgan fingerprint density at radius 1 is 0.410 bits per heavy atom. The molecule has 288 valence electrons. The van der Waals surface area contributed by atoms with Gasteiger partial charge in [0.25, 0.3) is 0 Å². The lowest BCUT2D eigenvalue weighted by molar-refractivity contribution is 0.669. The van der Waals surface area contributed by atoms with Crippen LogP contribution < -0.4 is 4.90 Å². The lowest BCUT2D eigenvalue weighted by Crippen LogP contribution is -2.10. The molecule has 11 aromatic rings. The van der Waals surface area contributed by atoms with Crippen LogP contribution in [0.15, 0.2) is 227 Å². The third-order valence-corrected chi connectivity index (χ3v) is 12.4. The van der Waals surface area contributed by atoms with Crippen molar-refractivity contribution < 1.29 is 8.83 Å². The van der Waals surface area contributed by atoms with Gasteiger partial charge in [-0.2, -0.15) is 0 Å². The number of allylic oxidation sites excluding steroid dienone is 4. The molecule has 0 amide bonds. The molecule has 0 spiro atoms. The molecular formula is C58H39NO2. The Morgan fingerprint density at radius 3 is 1.90 bits per heavy atom. The predicted octanol–water partition coefficient (Wildman–Crippen LogP) is 16.7. The molecule has 2 heterocycles. The zero-order chi connectivity index (χ0) is 40.3. The van der Waals surface area contributed by atoms with Gasteiger partial charge in [-0.25, -0.2) is 0 Å². The minimum Gasteiger partial charge on any atom is -0.456 e. The number of hydrogen-bond donors (Lipinski definition) is 0. The van der Waals surface area contributed by atoms with Crippen LogP contribution in [0.3, 0.4) is 0 Å². The summed E-state index contributed by atoms with van der Waals surface area (Å²) in [4.78, 5) is 2.36. The van der Waals surface area contributed by atoms with Crippen molar-refractivity contribution in [2.24, 2.45) is 0 Å². The van der Waals surface area contributed by atoms with Crippen LogP contribution >= 0.6 is 0 Å². The lowest BCUT2D eigenvalue weighted by atomic mass is 9.92. The Morgan fingerprint density at radius 2 is 1.08 bits per heavy atom. The van der Waals surface area contributed by atoms with E-state index in [0.717, 1.165) is 78.7 Å². The quantitative estimate of drug-likeness (QED) is 0.161. The first-order valence-corrected chi connectivity index (χ1v) is 21.0. The SMILES string of the molecule is C1=CCC(c2ccc(N(c3ccc(-c4cccc(-c5ccc6c(ccc7oc8ccccc8c76)c5)c4)cc3)c3cccc(-c4cccc5c4oc4ccccc45)c3)cc2)C=C1. The Hall–Kier alpha value is -7.88. The smallest absolute Gasteiger partial charge is 0.143 e. The maximum Gasteiger partial charge on any atom is 0.143 e. The fraction of sp³-hybridized carbons (Fsp3) is 0.0345. The van der Waals surface area contributed by atoms with Gasteiger partial charge >= 0.3 is 0 Å². The first kappa shape index (κ1) is 35.1.